The minimum atomic E-state index is -4.91. The molecule has 7 atom stereocenters. The van der Waals surface area contributed by atoms with E-state index in [0.29, 0.717) is 24.8 Å². The fourth-order valence-corrected chi connectivity index (χ4v) is 7.22. The van der Waals surface area contributed by atoms with Crippen LogP contribution >= 0.6 is 7.82 Å². The molecule has 33 heavy (non-hydrogen) atoms. The number of hydrogen-bond donors (Lipinski definition) is 4. The molecule has 0 spiro atoms. The molecule has 3 saturated carbocycles. The van der Waals surface area contributed by atoms with Crippen LogP contribution in [0.3, 0.4) is 0 Å². The van der Waals surface area contributed by atoms with E-state index < -0.39 is 60.3 Å². The van der Waals surface area contributed by atoms with E-state index in [1.165, 1.54) is 18.2 Å². The van der Waals surface area contributed by atoms with Crippen molar-refractivity contribution in [2.75, 3.05) is 6.61 Å². The van der Waals surface area contributed by atoms with Gasteiger partial charge < -0.3 is 20.0 Å². The van der Waals surface area contributed by atoms with E-state index in [0.717, 1.165) is 0 Å². The monoisotopic (exact) mass is 504 g/mol. The molecule has 0 radical (unpaired) electrons. The largest absolute Gasteiger partial charge is 1.00 e. The first-order chi connectivity index (χ1) is 14.2. The van der Waals surface area contributed by atoms with Gasteiger partial charge in [-0.25, -0.2) is 8.96 Å². The zero-order valence-corrected chi connectivity index (χ0v) is 24.3. The average Bonchev–Trinajstić information content (AvgIpc) is 2.93. The summed E-state index contributed by atoms with van der Waals surface area (Å²) >= 11 is 0. The molecule has 0 saturated heterocycles. The molecule has 0 unspecified atom stereocenters. The molecule has 0 aromatic carbocycles. The van der Waals surface area contributed by atoms with Gasteiger partial charge in [-0.05, 0) is 57.1 Å². The van der Waals surface area contributed by atoms with Crippen LogP contribution < -0.4 is 59.1 Å². The van der Waals surface area contributed by atoms with Crippen molar-refractivity contribution in [3.63, 3.8) is 0 Å². The molecule has 0 bridgehead atoms. The maximum atomic E-state index is 16.9. The van der Waals surface area contributed by atoms with Gasteiger partial charge in [0.15, 0.2) is 17.2 Å². The number of hydrogen-bond acceptors (Lipinski definition) is 6. The predicted octanol–water partition coefficient (Wildman–Crippen LogP) is -4.23. The second kappa shape index (κ2) is 9.58. The number of alkyl halides is 1. The Balaban J connectivity index is 0.00000193. The number of halogens is 1. The number of fused-ring (bicyclic) bond motifs is 5. The molecule has 0 heterocycles. The summed E-state index contributed by atoms with van der Waals surface area (Å²) < 4.78 is 32.2. The van der Waals surface area contributed by atoms with Gasteiger partial charge in [-0.1, -0.05) is 18.6 Å². The van der Waals surface area contributed by atoms with Crippen molar-refractivity contribution < 1.29 is 102 Å². The number of phosphoric acid groups is 1. The molecule has 0 aromatic rings. The van der Waals surface area contributed by atoms with Crippen LogP contribution in [0.5, 0.6) is 0 Å². The Bertz CT molecular complexity index is 953. The third-order valence-electron chi connectivity index (χ3n) is 8.62. The van der Waals surface area contributed by atoms with E-state index in [1.54, 1.807) is 13.8 Å². The van der Waals surface area contributed by atoms with E-state index in [4.69, 9.17) is 9.79 Å². The molecule has 8 nitrogen and oxygen atoms in total. The molecule has 4 aliphatic carbocycles. The van der Waals surface area contributed by atoms with Crippen LogP contribution in [0, 0.1) is 22.7 Å². The Kier molecular flexibility index (Phi) is 8.71. The summed E-state index contributed by atoms with van der Waals surface area (Å²) in [6.45, 7) is 2.34. The molecule has 0 aliphatic heterocycles. The molecule has 4 rings (SSSR count). The van der Waals surface area contributed by atoms with Crippen molar-refractivity contribution in [2.45, 2.75) is 63.3 Å². The number of aliphatic hydroxyl groups is 2. The predicted molar refractivity (Wildman–Crippen MR) is 106 cm³/mol. The Morgan fingerprint density at radius 2 is 1.88 bits per heavy atom. The van der Waals surface area contributed by atoms with E-state index in [2.05, 4.69) is 4.52 Å². The van der Waals surface area contributed by atoms with Crippen LogP contribution in [-0.2, 0) is 18.7 Å². The summed E-state index contributed by atoms with van der Waals surface area (Å²) in [5.74, 6) is -2.19. The SMILES string of the molecule is C[C@]12C=CC(=O)C=C1CC[C@H]1[C@@H]3CC[C@](O)(C(=O)COP(=O)(O)O)[C@@]3(C)C[C@H](O)[C@@]12F.[Na+].[Na+]. The van der Waals surface area contributed by atoms with E-state index >= 15 is 4.39 Å². The average molecular weight is 504 g/mol. The summed E-state index contributed by atoms with van der Waals surface area (Å²) in [7, 11) is -4.91. The van der Waals surface area contributed by atoms with Crippen LogP contribution in [0.15, 0.2) is 23.8 Å². The van der Waals surface area contributed by atoms with Crippen molar-refractivity contribution in [3.05, 3.63) is 23.8 Å². The van der Waals surface area contributed by atoms with E-state index in [9.17, 15) is 24.4 Å². The van der Waals surface area contributed by atoms with E-state index in [1.807, 2.05) is 0 Å². The van der Waals surface area contributed by atoms with Gasteiger partial charge >= 0.3 is 66.9 Å². The minimum absolute atomic E-state index is 0. The first-order valence-corrected chi connectivity index (χ1v) is 12.0. The molecule has 0 aromatic heterocycles. The second-order valence-corrected chi connectivity index (χ2v) is 11.1. The minimum Gasteiger partial charge on any atom is -0.390 e. The van der Waals surface area contributed by atoms with Crippen molar-refractivity contribution in [1.82, 2.24) is 0 Å². The maximum Gasteiger partial charge on any atom is 1.00 e. The van der Waals surface area contributed by atoms with Crippen molar-refractivity contribution >= 4 is 19.4 Å². The number of phosphoric ester groups is 1. The molecule has 4 aliphatic rings. The zero-order chi connectivity index (χ0) is 23.0. The van der Waals surface area contributed by atoms with Crippen LogP contribution in [0.2, 0.25) is 0 Å². The van der Waals surface area contributed by atoms with E-state index in [-0.39, 0.29) is 77.7 Å². The summed E-state index contributed by atoms with van der Waals surface area (Å²) in [6.07, 6.45) is 3.73. The summed E-state index contributed by atoms with van der Waals surface area (Å²) in [6, 6.07) is 0. The van der Waals surface area contributed by atoms with Crippen molar-refractivity contribution in [2.24, 2.45) is 22.7 Å². The van der Waals surface area contributed by atoms with Gasteiger partial charge in [-0.15, -0.1) is 0 Å². The number of aliphatic hydroxyl groups excluding tert-OH is 1. The molecule has 3 fully saturated rings. The normalized spacial score (nSPS) is 43.9. The molecule has 172 valence electrons. The fourth-order valence-electron chi connectivity index (χ4n) is 6.94. The smallest absolute Gasteiger partial charge is 0.390 e. The number of rotatable bonds is 4. The fraction of sp³-hybridized carbons (Fsp3) is 0.714. The van der Waals surface area contributed by atoms with Crippen LogP contribution in [-0.4, -0.2) is 55.5 Å². The zero-order valence-electron chi connectivity index (χ0n) is 19.5. The first kappa shape index (κ1) is 30.0. The molecule has 12 heteroatoms. The molecule has 4 N–H and O–H groups in total. The van der Waals surface area contributed by atoms with Crippen LogP contribution in [0.1, 0.15) is 46.0 Å². The molecular weight excluding hydrogens is 476 g/mol. The van der Waals surface area contributed by atoms with Crippen molar-refractivity contribution in [3.8, 4) is 0 Å². The van der Waals surface area contributed by atoms with Gasteiger partial charge in [-0.3, -0.25) is 14.1 Å². The Hall–Kier alpha value is 0.780. The van der Waals surface area contributed by atoms with Gasteiger partial charge in [0.1, 0.15) is 12.2 Å². The molecular formula is C21H28FNa2O8P+2. The molecule has 0 amide bonds. The quantitative estimate of drug-likeness (QED) is 0.223. The van der Waals surface area contributed by atoms with Gasteiger partial charge in [0.25, 0.3) is 0 Å². The Labute approximate surface area is 236 Å². The number of carbonyl (C=O) groups excluding carboxylic acids is 2. The van der Waals surface area contributed by atoms with Gasteiger partial charge in [0.2, 0.25) is 0 Å². The van der Waals surface area contributed by atoms with Gasteiger partial charge in [0, 0.05) is 16.7 Å². The number of carbonyl (C=O) groups is 2. The number of ketones is 2. The topological polar surface area (TPSA) is 141 Å². The maximum absolute atomic E-state index is 16.9. The second-order valence-electron chi connectivity index (χ2n) is 9.85. The Morgan fingerprint density at radius 1 is 1.24 bits per heavy atom. The van der Waals surface area contributed by atoms with Gasteiger partial charge in [0.05, 0.1) is 6.10 Å². The summed E-state index contributed by atoms with van der Waals surface area (Å²) in [5, 5.41) is 22.5. The summed E-state index contributed by atoms with van der Waals surface area (Å²) in [4.78, 5) is 42.5. The Morgan fingerprint density at radius 3 is 2.48 bits per heavy atom. The van der Waals surface area contributed by atoms with Crippen LogP contribution in [0.25, 0.3) is 0 Å². The standard InChI is InChI=1S/C21H28FO8P.2Na/c1-18-7-5-13(23)9-12(18)3-4-15-14-6-8-20(26,17(25)11-30-31(27,28)29)19(14,2)10-16(24)21(15,18)22;;/h5,7,9,14-16,24,26H,3-4,6,8,10-11H2,1-2H3,(H2,27,28,29);;/q;2*+1/t14-,15-,16-,18-,19-,20-,21-;;/m0../s1. The van der Waals surface area contributed by atoms with Crippen LogP contribution in [0.4, 0.5) is 4.39 Å². The first-order valence-electron chi connectivity index (χ1n) is 10.5. The number of Topliss-reactive ketones (excluding diaryl/α,β-unsaturated/α-hetero) is 1. The van der Waals surface area contributed by atoms with Gasteiger partial charge in [-0.2, -0.15) is 0 Å². The summed E-state index contributed by atoms with van der Waals surface area (Å²) in [5.41, 5.74) is -5.78. The number of allylic oxidation sites excluding steroid dienone is 4. The third-order valence-corrected chi connectivity index (χ3v) is 9.08. The third kappa shape index (κ3) is 4.32. The van der Waals surface area contributed by atoms with Crippen molar-refractivity contribution in [1.29, 1.82) is 0 Å².